The standard InChI is InChI=1S/C21H13F2N3O4/c22-16-6-9-19(18(23)11-16)29-12-13-2-1-3-15(10-13)21-24-20(25-30-21)14-4-7-17(8-5-14)26(27)28/h1-11H,12H2. The topological polar surface area (TPSA) is 91.3 Å². The molecule has 9 heteroatoms. The molecular weight excluding hydrogens is 396 g/mol. The van der Waals surface area contributed by atoms with Crippen LogP contribution in [0.2, 0.25) is 0 Å². The molecule has 1 aromatic heterocycles. The summed E-state index contributed by atoms with van der Waals surface area (Å²) in [6.45, 7) is 0.0553. The lowest BCUT2D eigenvalue weighted by Crippen LogP contribution is -1.98. The van der Waals surface area contributed by atoms with Crippen LogP contribution >= 0.6 is 0 Å². The van der Waals surface area contributed by atoms with Gasteiger partial charge < -0.3 is 9.26 Å². The van der Waals surface area contributed by atoms with Crippen molar-refractivity contribution in [2.24, 2.45) is 0 Å². The van der Waals surface area contributed by atoms with Crippen molar-refractivity contribution in [1.29, 1.82) is 0 Å². The summed E-state index contributed by atoms with van der Waals surface area (Å²) in [6.07, 6.45) is 0. The molecule has 0 N–H and O–H groups in total. The van der Waals surface area contributed by atoms with E-state index in [2.05, 4.69) is 10.1 Å². The Hall–Kier alpha value is -4.14. The number of hydrogen-bond donors (Lipinski definition) is 0. The van der Waals surface area contributed by atoms with Gasteiger partial charge >= 0.3 is 0 Å². The monoisotopic (exact) mass is 409 g/mol. The number of halogens is 2. The van der Waals surface area contributed by atoms with Crippen molar-refractivity contribution in [2.45, 2.75) is 6.61 Å². The fourth-order valence-corrected chi connectivity index (χ4v) is 2.74. The number of rotatable bonds is 6. The molecule has 30 heavy (non-hydrogen) atoms. The van der Waals surface area contributed by atoms with Crippen LogP contribution in [0.3, 0.4) is 0 Å². The van der Waals surface area contributed by atoms with Gasteiger partial charge in [-0.15, -0.1) is 0 Å². The van der Waals surface area contributed by atoms with Crippen LogP contribution in [0, 0.1) is 21.7 Å². The Kier molecular flexibility index (Phi) is 5.17. The lowest BCUT2D eigenvalue weighted by atomic mass is 10.1. The van der Waals surface area contributed by atoms with Crippen molar-refractivity contribution in [1.82, 2.24) is 10.1 Å². The largest absolute Gasteiger partial charge is 0.486 e. The zero-order chi connectivity index (χ0) is 21.1. The minimum Gasteiger partial charge on any atom is -0.486 e. The lowest BCUT2D eigenvalue weighted by molar-refractivity contribution is -0.384. The molecule has 4 aromatic rings. The average Bonchev–Trinajstić information content (AvgIpc) is 3.24. The van der Waals surface area contributed by atoms with Gasteiger partial charge in [-0.2, -0.15) is 4.98 Å². The van der Waals surface area contributed by atoms with E-state index < -0.39 is 16.6 Å². The van der Waals surface area contributed by atoms with Gasteiger partial charge in [-0.1, -0.05) is 17.3 Å². The van der Waals surface area contributed by atoms with Crippen LogP contribution < -0.4 is 4.74 Å². The third-order valence-corrected chi connectivity index (χ3v) is 4.22. The first kappa shape index (κ1) is 19.2. The maximum Gasteiger partial charge on any atom is 0.269 e. The van der Waals surface area contributed by atoms with E-state index in [1.165, 1.54) is 30.3 Å². The molecule has 7 nitrogen and oxygen atoms in total. The minimum atomic E-state index is -0.782. The Morgan fingerprint density at radius 1 is 1.00 bits per heavy atom. The molecule has 0 amide bonds. The first-order valence-corrected chi connectivity index (χ1v) is 8.75. The van der Waals surface area contributed by atoms with Gasteiger partial charge in [-0.25, -0.2) is 8.78 Å². The van der Waals surface area contributed by atoms with E-state index in [9.17, 15) is 18.9 Å². The Morgan fingerprint density at radius 3 is 2.53 bits per heavy atom. The van der Waals surface area contributed by atoms with Crippen LogP contribution in [0.1, 0.15) is 5.56 Å². The maximum atomic E-state index is 13.7. The number of ether oxygens (including phenoxy) is 1. The van der Waals surface area contributed by atoms with Crippen LogP contribution in [0.25, 0.3) is 22.8 Å². The highest BCUT2D eigenvalue weighted by Gasteiger charge is 2.13. The second-order valence-corrected chi connectivity index (χ2v) is 6.29. The summed E-state index contributed by atoms with van der Waals surface area (Å²) >= 11 is 0. The summed E-state index contributed by atoms with van der Waals surface area (Å²) < 4.78 is 37.4. The summed E-state index contributed by atoms with van der Waals surface area (Å²) in [5, 5.41) is 14.7. The summed E-state index contributed by atoms with van der Waals surface area (Å²) in [5.41, 5.74) is 1.87. The Labute approximate surface area is 168 Å². The molecule has 0 spiro atoms. The Bertz CT molecular complexity index is 1210. The van der Waals surface area contributed by atoms with Gasteiger partial charge in [0.25, 0.3) is 11.6 Å². The molecule has 0 aliphatic heterocycles. The number of non-ortho nitro benzene ring substituents is 1. The van der Waals surface area contributed by atoms with Gasteiger partial charge in [-0.05, 0) is 42.0 Å². The van der Waals surface area contributed by atoms with Crippen molar-refractivity contribution in [3.05, 3.63) is 94.0 Å². The van der Waals surface area contributed by atoms with Crippen molar-refractivity contribution in [2.75, 3.05) is 0 Å². The zero-order valence-corrected chi connectivity index (χ0v) is 15.3. The van der Waals surface area contributed by atoms with Crippen LogP contribution in [0.5, 0.6) is 5.75 Å². The predicted octanol–water partition coefficient (Wildman–Crippen LogP) is 5.17. The first-order valence-electron chi connectivity index (χ1n) is 8.75. The number of hydrogen-bond acceptors (Lipinski definition) is 6. The molecule has 0 saturated carbocycles. The van der Waals surface area contributed by atoms with Gasteiger partial charge in [0.05, 0.1) is 4.92 Å². The number of nitro groups is 1. The highest BCUT2D eigenvalue weighted by Crippen LogP contribution is 2.25. The molecule has 0 fully saturated rings. The Balaban J connectivity index is 1.50. The molecule has 0 saturated heterocycles. The maximum absolute atomic E-state index is 13.7. The van der Waals surface area contributed by atoms with Crippen molar-refractivity contribution >= 4 is 5.69 Å². The minimum absolute atomic E-state index is 0.0345. The van der Waals surface area contributed by atoms with Gasteiger partial charge in [-0.3, -0.25) is 10.1 Å². The molecule has 3 aromatic carbocycles. The predicted molar refractivity (Wildman–Crippen MR) is 103 cm³/mol. The van der Waals surface area contributed by atoms with E-state index in [4.69, 9.17) is 9.26 Å². The highest BCUT2D eigenvalue weighted by molar-refractivity contribution is 5.61. The number of aromatic nitrogens is 2. The van der Waals surface area contributed by atoms with Crippen LogP contribution in [-0.2, 0) is 6.61 Å². The molecule has 1 heterocycles. The van der Waals surface area contributed by atoms with Gasteiger partial charge in [0.15, 0.2) is 11.6 Å². The van der Waals surface area contributed by atoms with Crippen molar-refractivity contribution in [3.8, 4) is 28.6 Å². The van der Waals surface area contributed by atoms with E-state index in [0.717, 1.165) is 12.1 Å². The van der Waals surface area contributed by atoms with Crippen molar-refractivity contribution < 1.29 is 23.0 Å². The first-order chi connectivity index (χ1) is 14.5. The summed E-state index contributed by atoms with van der Waals surface area (Å²) in [4.78, 5) is 14.6. The van der Waals surface area contributed by atoms with Crippen LogP contribution in [-0.4, -0.2) is 15.1 Å². The molecular formula is C21H13F2N3O4. The molecule has 0 aliphatic carbocycles. The molecule has 0 unspecified atom stereocenters. The SMILES string of the molecule is O=[N+]([O-])c1ccc(-c2noc(-c3cccc(COc4ccc(F)cc4F)c3)n2)cc1. The van der Waals surface area contributed by atoms with E-state index in [0.29, 0.717) is 16.7 Å². The van der Waals surface area contributed by atoms with Crippen molar-refractivity contribution in [3.63, 3.8) is 0 Å². The lowest BCUT2D eigenvalue weighted by Gasteiger charge is -2.08. The molecule has 4 rings (SSSR count). The Morgan fingerprint density at radius 2 is 1.80 bits per heavy atom. The summed E-state index contributed by atoms with van der Waals surface area (Å²) in [7, 11) is 0. The molecule has 150 valence electrons. The summed E-state index contributed by atoms with van der Waals surface area (Å²) in [5.74, 6) is -0.981. The van der Waals surface area contributed by atoms with E-state index in [-0.39, 0.29) is 29.8 Å². The van der Waals surface area contributed by atoms with Gasteiger partial charge in [0, 0.05) is 29.3 Å². The number of benzene rings is 3. The second-order valence-electron chi connectivity index (χ2n) is 6.29. The van der Waals surface area contributed by atoms with E-state index >= 15 is 0 Å². The van der Waals surface area contributed by atoms with Gasteiger partial charge in [0.1, 0.15) is 12.4 Å². The highest BCUT2D eigenvalue weighted by atomic mass is 19.1. The molecule has 0 aliphatic rings. The fraction of sp³-hybridized carbons (Fsp3) is 0.0476. The smallest absolute Gasteiger partial charge is 0.269 e. The number of nitrogens with zero attached hydrogens (tertiary/aromatic N) is 3. The fourth-order valence-electron chi connectivity index (χ4n) is 2.74. The van der Waals surface area contributed by atoms with Gasteiger partial charge in [0.2, 0.25) is 5.82 Å². The molecule has 0 radical (unpaired) electrons. The van der Waals surface area contributed by atoms with E-state index in [1.807, 2.05) is 0 Å². The second kappa shape index (κ2) is 8.08. The van der Waals surface area contributed by atoms with E-state index in [1.54, 1.807) is 24.3 Å². The molecule has 0 atom stereocenters. The van der Waals surface area contributed by atoms with Crippen LogP contribution in [0.4, 0.5) is 14.5 Å². The third-order valence-electron chi connectivity index (χ3n) is 4.22. The average molecular weight is 409 g/mol. The number of nitro benzene ring substituents is 1. The zero-order valence-electron chi connectivity index (χ0n) is 15.3. The normalized spacial score (nSPS) is 10.7. The third kappa shape index (κ3) is 4.14. The summed E-state index contributed by atoms with van der Waals surface area (Å²) in [6, 6.07) is 15.9. The molecule has 0 bridgehead atoms. The quantitative estimate of drug-likeness (QED) is 0.322. The van der Waals surface area contributed by atoms with Crippen LogP contribution in [0.15, 0.2) is 71.3 Å².